The Balaban J connectivity index is 3.27. The Labute approximate surface area is 93.2 Å². The van der Waals surface area contributed by atoms with Crippen molar-refractivity contribution in [2.75, 3.05) is 0 Å². The number of nitrogens with zero attached hydrogens (tertiary/aromatic N) is 1. The van der Waals surface area contributed by atoms with E-state index in [-0.39, 0.29) is 0 Å². The van der Waals surface area contributed by atoms with Crippen molar-refractivity contribution in [2.24, 2.45) is 0 Å². The van der Waals surface area contributed by atoms with Crippen LogP contribution in [0.5, 0.6) is 0 Å². The standard InChI is InChI=1S/C12H12BrN/c1-8(4-5-14)11-6-9(2)12(13)10(3)7-11/h4,6-7H,1-3H3. The van der Waals surface area contributed by atoms with Crippen LogP contribution in [0.4, 0.5) is 0 Å². The second-order valence-corrected chi connectivity index (χ2v) is 4.17. The number of halogens is 1. The maximum absolute atomic E-state index is 8.56. The van der Waals surface area contributed by atoms with Gasteiger partial charge in [-0.2, -0.15) is 5.26 Å². The van der Waals surface area contributed by atoms with Crippen LogP contribution in [0.15, 0.2) is 22.7 Å². The summed E-state index contributed by atoms with van der Waals surface area (Å²) in [6.07, 6.45) is 1.57. The predicted octanol–water partition coefficient (Wildman–Crippen LogP) is 3.99. The Morgan fingerprint density at radius 3 is 2.29 bits per heavy atom. The number of hydrogen-bond acceptors (Lipinski definition) is 1. The molecule has 0 aliphatic heterocycles. The minimum atomic E-state index is 1.01. The van der Waals surface area contributed by atoms with Crippen molar-refractivity contribution < 1.29 is 0 Å². The molecule has 0 spiro atoms. The number of nitriles is 1. The van der Waals surface area contributed by atoms with E-state index in [1.807, 2.05) is 13.0 Å². The van der Waals surface area contributed by atoms with E-state index >= 15 is 0 Å². The van der Waals surface area contributed by atoms with Gasteiger partial charge in [0.25, 0.3) is 0 Å². The first-order valence-corrected chi connectivity index (χ1v) is 5.19. The minimum absolute atomic E-state index is 1.01. The molecule has 0 heterocycles. The summed E-state index contributed by atoms with van der Waals surface area (Å²) < 4.78 is 1.14. The third kappa shape index (κ3) is 2.24. The first kappa shape index (κ1) is 11.0. The zero-order valence-electron chi connectivity index (χ0n) is 8.56. The highest BCUT2D eigenvalue weighted by atomic mass is 79.9. The first-order chi connectivity index (χ1) is 6.56. The van der Waals surface area contributed by atoms with Gasteiger partial charge in [-0.25, -0.2) is 0 Å². The molecule has 0 radical (unpaired) electrons. The summed E-state index contributed by atoms with van der Waals surface area (Å²) in [6.45, 7) is 6.06. The topological polar surface area (TPSA) is 23.8 Å². The first-order valence-electron chi connectivity index (χ1n) is 4.39. The van der Waals surface area contributed by atoms with Crippen LogP contribution in [0.3, 0.4) is 0 Å². The summed E-state index contributed by atoms with van der Waals surface area (Å²) in [6, 6.07) is 6.21. The second kappa shape index (κ2) is 4.43. The lowest BCUT2D eigenvalue weighted by Crippen LogP contribution is -1.87. The van der Waals surface area contributed by atoms with Crippen LogP contribution in [0.2, 0.25) is 0 Å². The molecule has 1 aromatic rings. The van der Waals surface area contributed by atoms with E-state index in [1.165, 1.54) is 11.1 Å². The molecule has 72 valence electrons. The summed E-state index contributed by atoms with van der Waals surface area (Å²) in [5.74, 6) is 0. The average Bonchev–Trinajstić information content (AvgIpc) is 2.13. The van der Waals surface area contributed by atoms with Crippen LogP contribution < -0.4 is 0 Å². The van der Waals surface area contributed by atoms with Gasteiger partial charge in [0.1, 0.15) is 0 Å². The fourth-order valence-corrected chi connectivity index (χ4v) is 1.58. The lowest BCUT2D eigenvalue weighted by Gasteiger charge is -2.07. The van der Waals surface area contributed by atoms with Crippen molar-refractivity contribution in [3.05, 3.63) is 39.4 Å². The highest BCUT2D eigenvalue weighted by molar-refractivity contribution is 9.10. The quantitative estimate of drug-likeness (QED) is 0.691. The Morgan fingerprint density at radius 1 is 1.36 bits per heavy atom. The third-order valence-corrected chi connectivity index (χ3v) is 3.42. The molecule has 2 heteroatoms. The molecular formula is C12H12BrN. The van der Waals surface area contributed by atoms with Crippen LogP contribution in [-0.2, 0) is 0 Å². The molecule has 0 aliphatic rings. The van der Waals surface area contributed by atoms with Crippen molar-refractivity contribution >= 4 is 21.5 Å². The van der Waals surface area contributed by atoms with Crippen molar-refractivity contribution in [2.45, 2.75) is 20.8 Å². The van der Waals surface area contributed by atoms with E-state index in [0.717, 1.165) is 15.6 Å². The van der Waals surface area contributed by atoms with E-state index in [1.54, 1.807) is 6.08 Å². The predicted molar refractivity (Wildman–Crippen MR) is 62.9 cm³/mol. The maximum atomic E-state index is 8.56. The smallest absolute Gasteiger partial charge is 0.0915 e. The Kier molecular flexibility index (Phi) is 3.49. The van der Waals surface area contributed by atoms with Gasteiger partial charge in [0.05, 0.1) is 6.07 Å². The molecule has 0 fully saturated rings. The SMILES string of the molecule is CC(=CC#N)c1cc(C)c(Br)c(C)c1. The fraction of sp³-hybridized carbons (Fsp3) is 0.250. The number of aryl methyl sites for hydroxylation is 2. The van der Waals surface area contributed by atoms with Gasteiger partial charge in [-0.15, -0.1) is 0 Å². The normalized spacial score (nSPS) is 11.2. The molecule has 0 saturated heterocycles. The van der Waals surface area contributed by atoms with Crippen molar-refractivity contribution in [1.29, 1.82) is 5.26 Å². The van der Waals surface area contributed by atoms with E-state index in [0.29, 0.717) is 0 Å². The van der Waals surface area contributed by atoms with Crippen LogP contribution in [0, 0.1) is 25.2 Å². The van der Waals surface area contributed by atoms with Crippen molar-refractivity contribution in [1.82, 2.24) is 0 Å². The molecule has 0 aromatic heterocycles. The van der Waals surface area contributed by atoms with E-state index in [4.69, 9.17) is 5.26 Å². The number of allylic oxidation sites excluding steroid dienone is 2. The zero-order chi connectivity index (χ0) is 10.7. The summed E-state index contributed by atoms with van der Waals surface area (Å²) in [5, 5.41) is 8.56. The highest BCUT2D eigenvalue weighted by Gasteiger charge is 2.03. The van der Waals surface area contributed by atoms with E-state index in [9.17, 15) is 0 Å². The molecule has 0 atom stereocenters. The van der Waals surface area contributed by atoms with E-state index in [2.05, 4.69) is 41.9 Å². The average molecular weight is 250 g/mol. The second-order valence-electron chi connectivity index (χ2n) is 3.38. The van der Waals surface area contributed by atoms with Gasteiger partial charge in [0.15, 0.2) is 0 Å². The van der Waals surface area contributed by atoms with E-state index < -0.39 is 0 Å². The van der Waals surface area contributed by atoms with Gasteiger partial charge in [-0.1, -0.05) is 28.1 Å². The third-order valence-electron chi connectivity index (χ3n) is 2.17. The lowest BCUT2D eigenvalue weighted by molar-refractivity contribution is 1.32. The van der Waals surface area contributed by atoms with Crippen LogP contribution >= 0.6 is 15.9 Å². The molecule has 0 N–H and O–H groups in total. The van der Waals surface area contributed by atoms with Gasteiger partial charge in [-0.05, 0) is 43.0 Å². The molecule has 0 unspecified atom stereocenters. The van der Waals surface area contributed by atoms with Crippen molar-refractivity contribution in [3.8, 4) is 6.07 Å². The Hall–Kier alpha value is -1.07. The number of benzene rings is 1. The van der Waals surface area contributed by atoms with Crippen LogP contribution in [-0.4, -0.2) is 0 Å². The minimum Gasteiger partial charge on any atom is -0.193 e. The molecular weight excluding hydrogens is 238 g/mol. The Morgan fingerprint density at radius 2 is 1.86 bits per heavy atom. The Bertz CT molecular complexity index is 401. The molecule has 1 aromatic carbocycles. The molecule has 1 nitrogen and oxygen atoms in total. The van der Waals surface area contributed by atoms with Gasteiger partial charge in [-0.3, -0.25) is 0 Å². The molecule has 14 heavy (non-hydrogen) atoms. The number of hydrogen-bond donors (Lipinski definition) is 0. The highest BCUT2D eigenvalue weighted by Crippen LogP contribution is 2.25. The molecule has 0 bridgehead atoms. The van der Waals surface area contributed by atoms with Gasteiger partial charge >= 0.3 is 0 Å². The van der Waals surface area contributed by atoms with Gasteiger partial charge in [0.2, 0.25) is 0 Å². The van der Waals surface area contributed by atoms with Gasteiger partial charge < -0.3 is 0 Å². The lowest BCUT2D eigenvalue weighted by atomic mass is 10.0. The maximum Gasteiger partial charge on any atom is 0.0915 e. The largest absolute Gasteiger partial charge is 0.193 e. The van der Waals surface area contributed by atoms with Gasteiger partial charge in [0, 0.05) is 10.5 Å². The van der Waals surface area contributed by atoms with Crippen molar-refractivity contribution in [3.63, 3.8) is 0 Å². The van der Waals surface area contributed by atoms with Crippen LogP contribution in [0.1, 0.15) is 23.6 Å². The monoisotopic (exact) mass is 249 g/mol. The van der Waals surface area contributed by atoms with Crippen LogP contribution in [0.25, 0.3) is 5.57 Å². The molecule has 0 amide bonds. The molecule has 1 rings (SSSR count). The molecule has 0 saturated carbocycles. The summed E-state index contributed by atoms with van der Waals surface area (Å²) in [5.41, 5.74) is 4.52. The fourth-order valence-electron chi connectivity index (χ4n) is 1.35. The summed E-state index contributed by atoms with van der Waals surface area (Å²) in [4.78, 5) is 0. The molecule has 0 aliphatic carbocycles. The summed E-state index contributed by atoms with van der Waals surface area (Å²) in [7, 11) is 0. The zero-order valence-corrected chi connectivity index (χ0v) is 10.1. The number of rotatable bonds is 1. The summed E-state index contributed by atoms with van der Waals surface area (Å²) >= 11 is 3.52.